The fourth-order valence-corrected chi connectivity index (χ4v) is 0.943. The summed E-state index contributed by atoms with van der Waals surface area (Å²) >= 11 is 0. The van der Waals surface area contributed by atoms with E-state index in [0.717, 1.165) is 0 Å². The maximum atomic E-state index is 10.4. The van der Waals surface area contributed by atoms with Gasteiger partial charge in [0.2, 0.25) is 0 Å². The molecule has 0 aliphatic heterocycles. The number of pyridine rings is 1. The van der Waals surface area contributed by atoms with Crippen molar-refractivity contribution >= 4 is 6.29 Å². The Morgan fingerprint density at radius 1 is 1.56 bits per heavy atom. The molecule has 1 aromatic rings. The molecule has 0 aliphatic carbocycles. The van der Waals surface area contributed by atoms with Crippen LogP contribution in [0.25, 0.3) is 0 Å². The Morgan fingerprint density at radius 3 is 2.69 bits per heavy atom. The molecule has 0 amide bonds. The summed E-state index contributed by atoms with van der Waals surface area (Å²) in [4.78, 5) is 14.2. The number of aliphatic hydroxyl groups is 1. The van der Waals surface area contributed by atoms with Crippen molar-refractivity contribution in [1.82, 2.24) is 4.98 Å². The first-order chi connectivity index (χ1) is 7.45. The Labute approximate surface area is 95.3 Å². The number of carbonyl (C=O) groups is 1. The summed E-state index contributed by atoms with van der Waals surface area (Å²) in [6.07, 6.45) is 2.15. The van der Waals surface area contributed by atoms with Gasteiger partial charge in [0, 0.05) is 0 Å². The van der Waals surface area contributed by atoms with Crippen LogP contribution < -0.4 is 4.74 Å². The first-order valence-corrected chi connectivity index (χ1v) is 5.22. The fourth-order valence-electron chi connectivity index (χ4n) is 0.943. The highest BCUT2D eigenvalue weighted by Gasteiger charge is 2.25. The van der Waals surface area contributed by atoms with Crippen LogP contribution in [0.3, 0.4) is 0 Å². The Bertz CT molecular complexity index is 344. The summed E-state index contributed by atoms with van der Waals surface area (Å²) in [7, 11) is 0. The van der Waals surface area contributed by atoms with E-state index in [1.54, 1.807) is 19.1 Å². The molecule has 4 nitrogen and oxygen atoms in total. The van der Waals surface area contributed by atoms with Gasteiger partial charge >= 0.3 is 0 Å². The molecule has 0 aliphatic rings. The van der Waals surface area contributed by atoms with E-state index < -0.39 is 5.60 Å². The minimum Gasteiger partial charge on any atom is -0.489 e. The van der Waals surface area contributed by atoms with Crippen LogP contribution in [-0.4, -0.2) is 28.6 Å². The van der Waals surface area contributed by atoms with Gasteiger partial charge in [-0.2, -0.15) is 0 Å². The maximum absolute atomic E-state index is 10.4. The van der Waals surface area contributed by atoms with Crippen LogP contribution in [0.4, 0.5) is 0 Å². The minimum atomic E-state index is -0.872. The monoisotopic (exact) mass is 223 g/mol. The number of rotatable bonds is 5. The molecule has 0 fully saturated rings. The molecule has 1 aromatic heterocycles. The highest BCUT2D eigenvalue weighted by molar-refractivity contribution is 5.71. The molecule has 0 saturated carbocycles. The second-order valence-electron chi connectivity index (χ2n) is 4.34. The summed E-state index contributed by atoms with van der Waals surface area (Å²) in [6, 6.07) is 3.24. The molecule has 0 saturated heterocycles. The summed E-state index contributed by atoms with van der Waals surface area (Å²) in [5.41, 5.74) is -0.508. The van der Waals surface area contributed by atoms with E-state index in [1.807, 2.05) is 13.8 Å². The minimum absolute atomic E-state index is 0.106. The first-order valence-electron chi connectivity index (χ1n) is 5.22. The number of aromatic nitrogens is 1. The molecule has 0 aromatic carbocycles. The van der Waals surface area contributed by atoms with Crippen LogP contribution in [-0.2, 0) is 0 Å². The SMILES string of the molecule is CC(C)C(C)(O)COc1ccc(C=O)nc1. The average molecular weight is 223 g/mol. The number of aldehydes is 1. The van der Waals surface area contributed by atoms with Crippen LogP contribution in [0.5, 0.6) is 5.75 Å². The zero-order valence-electron chi connectivity index (χ0n) is 9.80. The van der Waals surface area contributed by atoms with Gasteiger partial charge in [-0.05, 0) is 25.0 Å². The van der Waals surface area contributed by atoms with Crippen LogP contribution in [0.15, 0.2) is 18.3 Å². The highest BCUT2D eigenvalue weighted by Crippen LogP contribution is 2.18. The van der Waals surface area contributed by atoms with Crippen molar-refractivity contribution < 1.29 is 14.6 Å². The van der Waals surface area contributed by atoms with E-state index in [4.69, 9.17) is 4.74 Å². The first kappa shape index (κ1) is 12.6. The summed E-state index contributed by atoms with van der Waals surface area (Å²) in [5.74, 6) is 0.654. The third-order valence-electron chi connectivity index (χ3n) is 2.65. The molecule has 0 spiro atoms. The predicted octanol–water partition coefficient (Wildman–Crippen LogP) is 1.68. The van der Waals surface area contributed by atoms with E-state index in [-0.39, 0.29) is 12.5 Å². The van der Waals surface area contributed by atoms with Crippen LogP contribution in [0.1, 0.15) is 31.3 Å². The van der Waals surface area contributed by atoms with E-state index in [1.165, 1.54) is 6.20 Å². The lowest BCUT2D eigenvalue weighted by Crippen LogP contribution is -2.37. The Morgan fingerprint density at radius 2 is 2.25 bits per heavy atom. The van der Waals surface area contributed by atoms with Gasteiger partial charge in [-0.3, -0.25) is 4.79 Å². The summed E-state index contributed by atoms with van der Waals surface area (Å²) in [6.45, 7) is 5.78. The molecule has 16 heavy (non-hydrogen) atoms. The summed E-state index contributed by atoms with van der Waals surface area (Å²) < 4.78 is 5.40. The lowest BCUT2D eigenvalue weighted by Gasteiger charge is -2.27. The van der Waals surface area contributed by atoms with E-state index in [2.05, 4.69) is 4.98 Å². The quantitative estimate of drug-likeness (QED) is 0.771. The van der Waals surface area contributed by atoms with Gasteiger partial charge in [0.05, 0.1) is 11.8 Å². The van der Waals surface area contributed by atoms with Gasteiger partial charge in [0.25, 0.3) is 0 Å². The normalized spacial score (nSPS) is 14.6. The van der Waals surface area contributed by atoms with Crippen molar-refractivity contribution in [2.45, 2.75) is 26.4 Å². The van der Waals surface area contributed by atoms with Gasteiger partial charge in [-0.1, -0.05) is 13.8 Å². The smallest absolute Gasteiger partial charge is 0.168 e. The van der Waals surface area contributed by atoms with Gasteiger partial charge in [-0.25, -0.2) is 4.98 Å². The van der Waals surface area contributed by atoms with E-state index >= 15 is 0 Å². The van der Waals surface area contributed by atoms with Gasteiger partial charge in [-0.15, -0.1) is 0 Å². The topological polar surface area (TPSA) is 59.4 Å². The second kappa shape index (κ2) is 5.07. The van der Waals surface area contributed by atoms with Crippen LogP contribution >= 0.6 is 0 Å². The Balaban J connectivity index is 2.58. The van der Waals surface area contributed by atoms with Crippen molar-refractivity contribution in [3.8, 4) is 5.75 Å². The van der Waals surface area contributed by atoms with Crippen molar-refractivity contribution in [2.24, 2.45) is 5.92 Å². The molecule has 0 bridgehead atoms. The van der Waals surface area contributed by atoms with Crippen LogP contribution in [0.2, 0.25) is 0 Å². The Kier molecular flexibility index (Phi) is 4.01. The molecule has 88 valence electrons. The molecule has 1 N–H and O–H groups in total. The summed E-state index contributed by atoms with van der Waals surface area (Å²) in [5, 5.41) is 9.95. The molecule has 0 radical (unpaired) electrons. The third-order valence-corrected chi connectivity index (χ3v) is 2.65. The highest BCUT2D eigenvalue weighted by atomic mass is 16.5. The molecule has 1 atom stereocenters. The number of carbonyl (C=O) groups excluding carboxylic acids is 1. The lowest BCUT2D eigenvalue weighted by molar-refractivity contribution is -0.0267. The maximum Gasteiger partial charge on any atom is 0.168 e. The van der Waals surface area contributed by atoms with Gasteiger partial charge in [0.1, 0.15) is 18.1 Å². The predicted molar refractivity (Wildman–Crippen MR) is 60.6 cm³/mol. The van der Waals surface area contributed by atoms with E-state index in [9.17, 15) is 9.90 Å². The zero-order valence-corrected chi connectivity index (χ0v) is 9.80. The molecule has 1 rings (SSSR count). The molecule has 1 heterocycles. The van der Waals surface area contributed by atoms with Crippen molar-refractivity contribution in [3.63, 3.8) is 0 Å². The zero-order chi connectivity index (χ0) is 12.2. The van der Waals surface area contributed by atoms with Gasteiger partial charge < -0.3 is 9.84 Å². The van der Waals surface area contributed by atoms with Crippen molar-refractivity contribution in [1.29, 1.82) is 0 Å². The Hall–Kier alpha value is -1.42. The second-order valence-corrected chi connectivity index (χ2v) is 4.34. The van der Waals surface area contributed by atoms with E-state index in [0.29, 0.717) is 17.7 Å². The van der Waals surface area contributed by atoms with Crippen LogP contribution in [0, 0.1) is 5.92 Å². The molecular weight excluding hydrogens is 206 g/mol. The number of hydrogen-bond donors (Lipinski definition) is 1. The average Bonchev–Trinajstić information content (AvgIpc) is 2.27. The fraction of sp³-hybridized carbons (Fsp3) is 0.500. The third kappa shape index (κ3) is 3.31. The number of nitrogens with zero attached hydrogens (tertiary/aromatic N) is 1. The van der Waals surface area contributed by atoms with Crippen molar-refractivity contribution in [3.05, 3.63) is 24.0 Å². The lowest BCUT2D eigenvalue weighted by atomic mass is 9.94. The molecule has 4 heteroatoms. The van der Waals surface area contributed by atoms with Gasteiger partial charge in [0.15, 0.2) is 6.29 Å². The number of ether oxygens (including phenoxy) is 1. The largest absolute Gasteiger partial charge is 0.489 e. The molecular formula is C12H17NO3. The molecule has 1 unspecified atom stereocenters. The number of hydrogen-bond acceptors (Lipinski definition) is 4. The standard InChI is InChI=1S/C12H17NO3/c1-9(2)12(3,15)8-16-11-5-4-10(7-14)13-6-11/h4-7,9,15H,8H2,1-3H3. The van der Waals surface area contributed by atoms with Crippen molar-refractivity contribution in [2.75, 3.05) is 6.61 Å².